The molecule has 6 rings (SSSR count). The van der Waals surface area contributed by atoms with Crippen molar-refractivity contribution >= 4 is 27.6 Å². The van der Waals surface area contributed by atoms with Gasteiger partial charge in [-0.05, 0) is 36.4 Å². The molecule has 0 aliphatic heterocycles. The van der Waals surface area contributed by atoms with Crippen LogP contribution in [0.5, 0.6) is 0 Å². The van der Waals surface area contributed by atoms with Crippen molar-refractivity contribution in [2.24, 2.45) is 0 Å². The fourth-order valence-corrected chi connectivity index (χ4v) is 3.38. The third-order valence-corrected chi connectivity index (χ3v) is 4.67. The zero-order valence-corrected chi connectivity index (χ0v) is 15.3. The molecular weight excluding hydrogens is 376 g/mol. The number of rotatable bonds is 0. The van der Waals surface area contributed by atoms with Crippen molar-refractivity contribution in [1.82, 2.24) is 19.9 Å². The first kappa shape index (κ1) is 20.7. The third kappa shape index (κ3) is 3.40. The number of hydrogen-bond acceptors (Lipinski definition) is 5. The van der Waals surface area contributed by atoms with Crippen LogP contribution >= 0.6 is 0 Å². The summed E-state index contributed by atoms with van der Waals surface area (Å²) in [5.74, 6) is 0.0243. The van der Waals surface area contributed by atoms with Crippen LogP contribution in [0.1, 0.15) is 23.3 Å². The van der Waals surface area contributed by atoms with Gasteiger partial charge >= 0.3 is 0 Å². The molecule has 0 atom stereocenters. The zero-order chi connectivity index (χ0) is 18.9. The Kier molecular flexibility index (Phi) is 5.90. The molecule has 4 heterocycles. The second-order valence-electron chi connectivity index (χ2n) is 6.34. The summed E-state index contributed by atoms with van der Waals surface area (Å²) in [6, 6.07) is 19.2. The Labute approximate surface area is 173 Å². The minimum absolute atomic E-state index is 0. The maximum Gasteiger partial charge on any atom is 0.197 e. The van der Waals surface area contributed by atoms with Gasteiger partial charge in [0.05, 0.1) is 22.2 Å². The van der Waals surface area contributed by atoms with Gasteiger partial charge in [-0.15, -0.1) is 0 Å². The van der Waals surface area contributed by atoms with E-state index in [2.05, 4.69) is 44.2 Å². The molecule has 5 aromatic rings. The molecule has 0 saturated carbocycles. The van der Waals surface area contributed by atoms with Gasteiger partial charge in [0, 0.05) is 35.6 Å². The second kappa shape index (κ2) is 8.55. The molecule has 6 nitrogen and oxygen atoms in total. The van der Waals surface area contributed by atoms with E-state index >= 15 is 0 Å². The number of hydrogen-bond donors (Lipinski definition) is 0. The Hall–Kier alpha value is -4.03. The van der Waals surface area contributed by atoms with E-state index in [4.69, 9.17) is 0 Å². The van der Waals surface area contributed by atoms with Crippen molar-refractivity contribution in [3.8, 4) is 11.4 Å². The molecule has 1 aliphatic carbocycles. The number of fused-ring (bicyclic) bond motifs is 6. The molecular formula is C24H20N4O2. The van der Waals surface area contributed by atoms with Crippen LogP contribution in [0.4, 0.5) is 0 Å². The average molecular weight is 396 g/mol. The smallest absolute Gasteiger partial charge is 0.197 e. The fourth-order valence-electron chi connectivity index (χ4n) is 3.38. The summed E-state index contributed by atoms with van der Waals surface area (Å²) in [7, 11) is 0. The lowest BCUT2D eigenvalue weighted by Crippen LogP contribution is -1.94. The summed E-state index contributed by atoms with van der Waals surface area (Å²) < 4.78 is 0. The highest BCUT2D eigenvalue weighted by molar-refractivity contribution is 6.20. The largest absolute Gasteiger partial charge is 0.412 e. The van der Waals surface area contributed by atoms with Gasteiger partial charge in [0.2, 0.25) is 0 Å². The first-order valence-electron chi connectivity index (χ1n) is 8.86. The summed E-state index contributed by atoms with van der Waals surface area (Å²) in [6.07, 6.45) is 6.96. The van der Waals surface area contributed by atoms with E-state index in [-0.39, 0.29) is 18.7 Å². The van der Waals surface area contributed by atoms with Crippen LogP contribution in [0, 0.1) is 0 Å². The van der Waals surface area contributed by atoms with E-state index < -0.39 is 0 Å². The Morgan fingerprint density at radius 2 is 0.933 bits per heavy atom. The van der Waals surface area contributed by atoms with Crippen LogP contribution in [0.3, 0.4) is 0 Å². The van der Waals surface area contributed by atoms with Gasteiger partial charge < -0.3 is 5.48 Å². The quantitative estimate of drug-likeness (QED) is 0.357. The SMILES string of the molecule is C.O.O=C1c2cccnc2-c2ncccc21.c1cnc2c(c1)ccc1cccnc12. The molecule has 0 bridgehead atoms. The van der Waals surface area contributed by atoms with E-state index in [1.54, 1.807) is 49.1 Å². The van der Waals surface area contributed by atoms with Gasteiger partial charge in [-0.1, -0.05) is 31.7 Å². The number of benzene rings is 1. The first-order chi connectivity index (χ1) is 13.8. The topological polar surface area (TPSA) is 100 Å². The molecule has 0 unspecified atom stereocenters. The molecule has 148 valence electrons. The average Bonchev–Trinajstić information content (AvgIpc) is 3.07. The molecule has 0 amide bonds. The Morgan fingerprint density at radius 3 is 1.40 bits per heavy atom. The molecule has 4 aromatic heterocycles. The number of nitrogens with zero attached hydrogens (tertiary/aromatic N) is 4. The standard InChI is InChI=1S/C12H8N2.C11H6N2O.CH4.H2O/c1-3-9-5-6-10-4-2-8-14-12(10)11(9)13-7-1;14-11-7-3-1-5-12-9(7)10-8(11)4-2-6-13-10;;/h1-8H;1-6H;1H4;1H2. The monoisotopic (exact) mass is 396 g/mol. The molecule has 6 heteroatoms. The highest BCUT2D eigenvalue weighted by Gasteiger charge is 2.27. The molecule has 2 N–H and O–H groups in total. The van der Waals surface area contributed by atoms with Crippen molar-refractivity contribution in [3.05, 3.63) is 96.6 Å². The highest BCUT2D eigenvalue weighted by Crippen LogP contribution is 2.32. The van der Waals surface area contributed by atoms with Crippen molar-refractivity contribution < 1.29 is 10.3 Å². The maximum absolute atomic E-state index is 11.8. The summed E-state index contributed by atoms with van der Waals surface area (Å²) >= 11 is 0. The Balaban J connectivity index is 0.000000160. The van der Waals surface area contributed by atoms with Crippen LogP contribution in [-0.2, 0) is 0 Å². The molecule has 0 saturated heterocycles. The predicted molar refractivity (Wildman–Crippen MR) is 118 cm³/mol. The summed E-state index contributed by atoms with van der Waals surface area (Å²) in [6.45, 7) is 0. The van der Waals surface area contributed by atoms with E-state index in [1.165, 1.54) is 0 Å². The predicted octanol–water partition coefficient (Wildman–Crippen LogP) is 4.28. The van der Waals surface area contributed by atoms with Crippen molar-refractivity contribution in [1.29, 1.82) is 0 Å². The first-order valence-corrected chi connectivity index (χ1v) is 8.86. The lowest BCUT2D eigenvalue weighted by molar-refractivity contribution is 0.104. The lowest BCUT2D eigenvalue weighted by Gasteiger charge is -2.00. The molecule has 1 aromatic carbocycles. The van der Waals surface area contributed by atoms with Crippen molar-refractivity contribution in [3.63, 3.8) is 0 Å². The van der Waals surface area contributed by atoms with Gasteiger partial charge in [-0.25, -0.2) is 0 Å². The van der Waals surface area contributed by atoms with Gasteiger partial charge in [-0.2, -0.15) is 0 Å². The molecule has 0 spiro atoms. The summed E-state index contributed by atoms with van der Waals surface area (Å²) in [4.78, 5) is 28.8. The van der Waals surface area contributed by atoms with E-state index in [1.807, 2.05) is 12.1 Å². The Morgan fingerprint density at radius 1 is 0.533 bits per heavy atom. The van der Waals surface area contributed by atoms with E-state index in [0.717, 1.165) is 21.8 Å². The van der Waals surface area contributed by atoms with E-state index in [0.29, 0.717) is 22.5 Å². The summed E-state index contributed by atoms with van der Waals surface area (Å²) in [5.41, 5.74) is 4.67. The third-order valence-electron chi connectivity index (χ3n) is 4.67. The second-order valence-corrected chi connectivity index (χ2v) is 6.34. The lowest BCUT2D eigenvalue weighted by atomic mass is 10.1. The molecule has 30 heavy (non-hydrogen) atoms. The van der Waals surface area contributed by atoms with Crippen molar-refractivity contribution in [2.75, 3.05) is 0 Å². The van der Waals surface area contributed by atoms with Gasteiger partial charge in [-0.3, -0.25) is 24.7 Å². The fraction of sp³-hybridized carbons (Fsp3) is 0.0417. The molecule has 0 fully saturated rings. The van der Waals surface area contributed by atoms with Gasteiger partial charge in [0.15, 0.2) is 5.78 Å². The van der Waals surface area contributed by atoms with E-state index in [9.17, 15) is 4.79 Å². The van der Waals surface area contributed by atoms with Gasteiger partial charge in [0.1, 0.15) is 11.4 Å². The van der Waals surface area contributed by atoms with Crippen LogP contribution in [0.25, 0.3) is 33.2 Å². The number of ketones is 1. The van der Waals surface area contributed by atoms with Crippen LogP contribution in [-0.4, -0.2) is 31.2 Å². The van der Waals surface area contributed by atoms with Crippen LogP contribution in [0.2, 0.25) is 0 Å². The normalized spacial score (nSPS) is 10.9. The number of pyridine rings is 4. The number of aromatic nitrogens is 4. The highest BCUT2D eigenvalue weighted by atomic mass is 16.1. The molecule has 1 aliphatic rings. The van der Waals surface area contributed by atoms with Crippen LogP contribution < -0.4 is 0 Å². The van der Waals surface area contributed by atoms with Gasteiger partial charge in [0.25, 0.3) is 0 Å². The van der Waals surface area contributed by atoms with Crippen molar-refractivity contribution in [2.45, 2.75) is 7.43 Å². The zero-order valence-electron chi connectivity index (χ0n) is 15.3. The number of carbonyl (C=O) groups is 1. The van der Waals surface area contributed by atoms with Crippen LogP contribution in [0.15, 0.2) is 85.5 Å². The summed E-state index contributed by atoms with van der Waals surface area (Å²) in [5, 5.41) is 2.28. The minimum Gasteiger partial charge on any atom is -0.412 e. The minimum atomic E-state index is 0. The molecule has 0 radical (unpaired) electrons. The number of carbonyl (C=O) groups excluding carboxylic acids is 1. The maximum atomic E-state index is 11.8. The Bertz CT molecular complexity index is 1250.